The lowest BCUT2D eigenvalue weighted by Gasteiger charge is -2.61. The minimum atomic E-state index is -1.18. The first-order valence-electron chi connectivity index (χ1n) is 16.9. The predicted octanol–water partition coefficient (Wildman–Crippen LogP) is 2.48. The number of rotatable bonds is 8. The van der Waals surface area contributed by atoms with Gasteiger partial charge in [-0.1, -0.05) is 19.3 Å². The molecule has 228 valence electrons. The lowest BCUT2D eigenvalue weighted by molar-refractivity contribution is -0.220. The minimum absolute atomic E-state index is 0.0352. The van der Waals surface area contributed by atoms with Crippen molar-refractivity contribution in [1.29, 1.82) is 0 Å². The fourth-order valence-corrected chi connectivity index (χ4v) is 9.59. The molecular weight excluding hydrogens is 521 g/mol. The quantitative estimate of drug-likeness (QED) is 0.434. The molecule has 2 N–H and O–H groups in total. The molecule has 1 amide bonds. The maximum atomic E-state index is 16.1. The van der Waals surface area contributed by atoms with E-state index in [0.29, 0.717) is 18.4 Å². The van der Waals surface area contributed by atoms with E-state index in [-0.39, 0.29) is 48.0 Å². The highest BCUT2D eigenvalue weighted by Gasteiger charge is 2.60. The van der Waals surface area contributed by atoms with Gasteiger partial charge in [0.2, 0.25) is 0 Å². The van der Waals surface area contributed by atoms with Crippen LogP contribution in [0.4, 0.5) is 4.39 Å². The summed E-state index contributed by atoms with van der Waals surface area (Å²) in [6.07, 6.45) is 12.6. The van der Waals surface area contributed by atoms with Crippen molar-refractivity contribution < 1.29 is 18.7 Å². The molecule has 9 heteroatoms. The molecule has 3 aliphatic carbocycles. The number of nitrogens with one attached hydrogen (secondary N) is 2. The SMILES string of the molecule is O=C(NCCN1CCCC1)C1=CN2C3CCC4CCCCC4C3OC3C(NCCN4CCCC4)C(F)CC(C1=O)C32. The molecule has 8 nitrogen and oxygen atoms in total. The van der Waals surface area contributed by atoms with E-state index in [1.807, 2.05) is 6.20 Å². The van der Waals surface area contributed by atoms with E-state index in [0.717, 1.165) is 52.2 Å². The Morgan fingerprint density at radius 1 is 0.902 bits per heavy atom. The van der Waals surface area contributed by atoms with Gasteiger partial charge in [0.05, 0.1) is 35.9 Å². The fraction of sp³-hybridized carbons (Fsp3) is 0.875. The Bertz CT molecular complexity index is 998. The number of fused-ring (bicyclic) bond motifs is 4. The number of hydrogen-bond acceptors (Lipinski definition) is 7. The molecule has 3 saturated carbocycles. The van der Waals surface area contributed by atoms with Crippen molar-refractivity contribution in [2.24, 2.45) is 17.8 Å². The monoisotopic (exact) mass is 571 g/mol. The number of Topliss-reactive ketones (excluding diaryl/α,β-unsaturated/α-hetero) is 1. The maximum Gasteiger partial charge on any atom is 0.256 e. The van der Waals surface area contributed by atoms with Gasteiger partial charge in [-0.25, -0.2) is 4.39 Å². The Kier molecular flexibility index (Phi) is 8.41. The second kappa shape index (κ2) is 12.2. The lowest BCUT2D eigenvalue weighted by atomic mass is 9.64. The number of nitrogens with zero attached hydrogens (tertiary/aromatic N) is 3. The number of likely N-dealkylation sites (tertiary alicyclic amines) is 2. The van der Waals surface area contributed by atoms with Gasteiger partial charge < -0.3 is 30.1 Å². The topological polar surface area (TPSA) is 77.2 Å². The molecule has 0 aromatic rings. The molecular formula is C32H50FN5O3. The van der Waals surface area contributed by atoms with Crippen LogP contribution in [0.25, 0.3) is 0 Å². The number of halogens is 1. The summed E-state index contributed by atoms with van der Waals surface area (Å²) < 4.78 is 23.1. The van der Waals surface area contributed by atoms with Gasteiger partial charge in [0.15, 0.2) is 5.78 Å². The molecule has 4 aliphatic heterocycles. The number of carbonyl (C=O) groups is 2. The molecule has 7 rings (SSSR count). The highest BCUT2D eigenvalue weighted by atomic mass is 19.1. The van der Waals surface area contributed by atoms with Crippen molar-refractivity contribution in [3.05, 3.63) is 11.8 Å². The average molecular weight is 572 g/mol. The summed E-state index contributed by atoms with van der Waals surface area (Å²) >= 11 is 0. The lowest BCUT2D eigenvalue weighted by Crippen LogP contribution is -2.74. The zero-order valence-corrected chi connectivity index (χ0v) is 24.7. The van der Waals surface area contributed by atoms with E-state index < -0.39 is 18.1 Å². The largest absolute Gasteiger partial charge is 0.369 e. The van der Waals surface area contributed by atoms with E-state index in [4.69, 9.17) is 4.74 Å². The zero-order valence-electron chi connectivity index (χ0n) is 24.7. The Labute approximate surface area is 244 Å². The van der Waals surface area contributed by atoms with Crippen LogP contribution in [-0.2, 0) is 14.3 Å². The van der Waals surface area contributed by atoms with Gasteiger partial charge in [-0.15, -0.1) is 0 Å². The maximum absolute atomic E-state index is 16.1. The Balaban J connectivity index is 1.13. The standard InChI is InChI=1S/C32H50FN5O3/c33-25-19-23-28-31(27(25)34-11-17-36-13-3-4-14-36)41-30-22-8-2-1-7-21(22)9-10-26(30)38(28)20-24(29(23)39)32(40)35-12-18-37-15-5-6-16-37/h20-23,25-28,30-31,34H,1-19H2,(H,35,40). The summed E-state index contributed by atoms with van der Waals surface area (Å²) in [4.78, 5) is 34.4. The number of ketones is 1. The first-order valence-corrected chi connectivity index (χ1v) is 16.9. The van der Waals surface area contributed by atoms with Gasteiger partial charge in [0, 0.05) is 38.3 Å². The normalized spacial score (nSPS) is 41.0. The van der Waals surface area contributed by atoms with Crippen LogP contribution in [0.3, 0.4) is 0 Å². The first-order chi connectivity index (χ1) is 20.1. The van der Waals surface area contributed by atoms with E-state index in [2.05, 4.69) is 25.3 Å². The van der Waals surface area contributed by atoms with Crippen molar-refractivity contribution in [2.75, 3.05) is 52.4 Å². The second-order valence-corrected chi connectivity index (χ2v) is 14.0. The molecule has 7 aliphatic rings. The number of hydrogen-bond donors (Lipinski definition) is 2. The number of amides is 1. The van der Waals surface area contributed by atoms with Crippen LogP contribution in [0.1, 0.15) is 70.6 Å². The predicted molar refractivity (Wildman–Crippen MR) is 155 cm³/mol. The van der Waals surface area contributed by atoms with Crippen LogP contribution in [0.5, 0.6) is 0 Å². The second-order valence-electron chi connectivity index (χ2n) is 14.0. The summed E-state index contributed by atoms with van der Waals surface area (Å²) in [5, 5.41) is 6.61. The molecule has 6 fully saturated rings. The van der Waals surface area contributed by atoms with Gasteiger partial charge in [0.25, 0.3) is 5.91 Å². The molecule has 3 saturated heterocycles. The summed E-state index contributed by atoms with van der Waals surface area (Å²) in [7, 11) is 0. The third-order valence-corrected chi connectivity index (χ3v) is 11.7. The van der Waals surface area contributed by atoms with Crippen molar-refractivity contribution in [3.8, 4) is 0 Å². The molecule has 0 bridgehead atoms. The fourth-order valence-electron chi connectivity index (χ4n) is 9.59. The van der Waals surface area contributed by atoms with Crippen molar-refractivity contribution in [2.45, 2.75) is 107 Å². The van der Waals surface area contributed by atoms with Crippen LogP contribution in [-0.4, -0.2) is 115 Å². The van der Waals surface area contributed by atoms with Gasteiger partial charge in [0.1, 0.15) is 6.17 Å². The highest BCUT2D eigenvalue weighted by Crippen LogP contribution is 2.50. The van der Waals surface area contributed by atoms with E-state index >= 15 is 4.39 Å². The highest BCUT2D eigenvalue weighted by molar-refractivity contribution is 6.20. The van der Waals surface area contributed by atoms with Crippen molar-refractivity contribution in [3.63, 3.8) is 0 Å². The van der Waals surface area contributed by atoms with Crippen LogP contribution >= 0.6 is 0 Å². The minimum Gasteiger partial charge on any atom is -0.369 e. The zero-order chi connectivity index (χ0) is 27.9. The molecule has 4 heterocycles. The van der Waals surface area contributed by atoms with E-state index in [9.17, 15) is 9.59 Å². The number of morpholine rings is 1. The molecule has 0 spiro atoms. The third kappa shape index (κ3) is 5.49. The molecule has 9 atom stereocenters. The van der Waals surface area contributed by atoms with E-state index in [1.165, 1.54) is 57.8 Å². The Morgan fingerprint density at radius 2 is 1.61 bits per heavy atom. The number of ether oxygens (including phenoxy) is 1. The smallest absolute Gasteiger partial charge is 0.256 e. The van der Waals surface area contributed by atoms with Gasteiger partial charge in [-0.3, -0.25) is 9.59 Å². The first kappa shape index (κ1) is 28.2. The van der Waals surface area contributed by atoms with Crippen LogP contribution in [0, 0.1) is 17.8 Å². The molecule has 41 heavy (non-hydrogen) atoms. The summed E-state index contributed by atoms with van der Waals surface area (Å²) in [6, 6.07) is -0.482. The van der Waals surface area contributed by atoms with E-state index in [1.54, 1.807) is 0 Å². The molecule has 0 aromatic carbocycles. The van der Waals surface area contributed by atoms with Gasteiger partial charge >= 0.3 is 0 Å². The van der Waals surface area contributed by atoms with Crippen LogP contribution < -0.4 is 10.6 Å². The number of carbonyl (C=O) groups excluding carboxylic acids is 2. The number of alkyl halides is 1. The Hall–Kier alpha value is -1.55. The van der Waals surface area contributed by atoms with Crippen molar-refractivity contribution >= 4 is 11.7 Å². The molecule has 9 unspecified atom stereocenters. The molecule has 0 radical (unpaired) electrons. The molecule has 0 aromatic heterocycles. The van der Waals surface area contributed by atoms with Crippen molar-refractivity contribution in [1.82, 2.24) is 25.3 Å². The Morgan fingerprint density at radius 3 is 2.37 bits per heavy atom. The average Bonchev–Trinajstić information content (AvgIpc) is 3.70. The van der Waals surface area contributed by atoms with Gasteiger partial charge in [-0.05, 0) is 89.4 Å². The summed E-state index contributed by atoms with van der Waals surface area (Å²) in [6.45, 7) is 7.40. The van der Waals surface area contributed by atoms with Crippen LogP contribution in [0.2, 0.25) is 0 Å². The van der Waals surface area contributed by atoms with Gasteiger partial charge in [-0.2, -0.15) is 0 Å². The third-order valence-electron chi connectivity index (χ3n) is 11.7. The summed E-state index contributed by atoms with van der Waals surface area (Å²) in [5.74, 6) is 0.130. The van der Waals surface area contributed by atoms with Crippen LogP contribution in [0.15, 0.2) is 11.8 Å². The summed E-state index contributed by atoms with van der Waals surface area (Å²) in [5.41, 5.74) is 0.227.